The van der Waals surface area contributed by atoms with E-state index in [4.69, 9.17) is 5.11 Å². The van der Waals surface area contributed by atoms with E-state index in [2.05, 4.69) is 20.9 Å². The van der Waals surface area contributed by atoms with Crippen LogP contribution in [-0.4, -0.2) is 39.5 Å². The number of aryl methyl sites for hydroxylation is 1. The number of amides is 1. The van der Waals surface area contributed by atoms with Gasteiger partial charge in [-0.25, -0.2) is 0 Å². The fraction of sp³-hybridized carbons (Fsp3) is 0.353. The van der Waals surface area contributed by atoms with E-state index >= 15 is 0 Å². The standard InChI is InChI=1S/C17H17BrN2O3/c1-10-7-14(13-8-11(18)4-5-15(13)19-10)17(23)20-6-2-3-12(20)9-16(21)22/h4-5,7-8,12H,2-3,6,9H2,1H3,(H,21,22). The molecule has 2 aromatic rings. The van der Waals surface area contributed by atoms with Gasteiger partial charge in [-0.2, -0.15) is 0 Å². The molecule has 0 bridgehead atoms. The number of aliphatic carboxylic acids is 1. The van der Waals surface area contributed by atoms with Crippen molar-refractivity contribution in [3.8, 4) is 0 Å². The fourth-order valence-corrected chi connectivity index (χ4v) is 3.54. The first-order chi connectivity index (χ1) is 11.0. The normalized spacial score (nSPS) is 17.7. The second-order valence-corrected chi connectivity index (χ2v) is 6.78. The van der Waals surface area contributed by atoms with E-state index in [1.165, 1.54) is 0 Å². The first kappa shape index (κ1) is 15.9. The van der Waals surface area contributed by atoms with Crippen LogP contribution < -0.4 is 0 Å². The monoisotopic (exact) mass is 376 g/mol. The summed E-state index contributed by atoms with van der Waals surface area (Å²) in [6, 6.07) is 7.22. The van der Waals surface area contributed by atoms with Gasteiger partial charge < -0.3 is 10.0 Å². The first-order valence-electron chi connectivity index (χ1n) is 7.55. The molecule has 1 aliphatic heterocycles. The number of fused-ring (bicyclic) bond motifs is 1. The lowest BCUT2D eigenvalue weighted by molar-refractivity contribution is -0.137. The number of rotatable bonds is 3. The summed E-state index contributed by atoms with van der Waals surface area (Å²) in [6.45, 7) is 2.46. The first-order valence-corrected chi connectivity index (χ1v) is 8.34. The van der Waals surface area contributed by atoms with Crippen LogP contribution in [-0.2, 0) is 4.79 Å². The minimum absolute atomic E-state index is 0.00255. The molecule has 1 fully saturated rings. The van der Waals surface area contributed by atoms with Gasteiger partial charge in [0.1, 0.15) is 0 Å². The zero-order valence-corrected chi connectivity index (χ0v) is 14.3. The lowest BCUT2D eigenvalue weighted by Gasteiger charge is -2.24. The Balaban J connectivity index is 2.03. The molecule has 0 spiro atoms. The van der Waals surface area contributed by atoms with Crippen LogP contribution in [0.25, 0.3) is 10.9 Å². The van der Waals surface area contributed by atoms with Crippen LogP contribution in [0.15, 0.2) is 28.7 Å². The van der Waals surface area contributed by atoms with Gasteiger partial charge >= 0.3 is 5.97 Å². The summed E-state index contributed by atoms with van der Waals surface area (Å²) in [7, 11) is 0. The van der Waals surface area contributed by atoms with Crippen LogP contribution >= 0.6 is 15.9 Å². The van der Waals surface area contributed by atoms with Crippen LogP contribution in [0.1, 0.15) is 35.3 Å². The maximum atomic E-state index is 13.0. The van der Waals surface area contributed by atoms with Gasteiger partial charge in [-0.1, -0.05) is 15.9 Å². The Hall–Kier alpha value is -1.95. The van der Waals surface area contributed by atoms with Crippen LogP contribution in [0.2, 0.25) is 0 Å². The third-order valence-corrected chi connectivity index (χ3v) is 4.67. The number of benzene rings is 1. The highest BCUT2D eigenvalue weighted by atomic mass is 79.9. The number of hydrogen-bond donors (Lipinski definition) is 1. The predicted molar refractivity (Wildman–Crippen MR) is 90.5 cm³/mol. The van der Waals surface area contributed by atoms with Gasteiger partial charge in [-0.05, 0) is 44.0 Å². The molecular weight excluding hydrogens is 360 g/mol. The Bertz CT molecular complexity index is 791. The number of pyridine rings is 1. The highest BCUT2D eigenvalue weighted by Crippen LogP contribution is 2.27. The van der Waals surface area contributed by atoms with Gasteiger partial charge in [0.2, 0.25) is 0 Å². The van der Waals surface area contributed by atoms with E-state index in [1.807, 2.05) is 25.1 Å². The molecule has 1 aromatic carbocycles. The molecule has 1 unspecified atom stereocenters. The summed E-state index contributed by atoms with van der Waals surface area (Å²) in [5.41, 5.74) is 2.13. The van der Waals surface area contributed by atoms with E-state index in [9.17, 15) is 9.59 Å². The molecule has 0 radical (unpaired) electrons. The molecule has 1 atom stereocenters. The highest BCUT2D eigenvalue weighted by molar-refractivity contribution is 9.10. The summed E-state index contributed by atoms with van der Waals surface area (Å²) >= 11 is 3.43. The van der Waals surface area contributed by atoms with Gasteiger partial charge in [0.05, 0.1) is 17.5 Å². The molecule has 2 heterocycles. The van der Waals surface area contributed by atoms with E-state index in [0.717, 1.165) is 33.9 Å². The van der Waals surface area contributed by atoms with E-state index < -0.39 is 5.97 Å². The number of likely N-dealkylation sites (tertiary alicyclic amines) is 1. The van der Waals surface area contributed by atoms with Crippen molar-refractivity contribution in [1.82, 2.24) is 9.88 Å². The van der Waals surface area contributed by atoms with Gasteiger partial charge in [0, 0.05) is 28.1 Å². The Labute approximate surface area is 142 Å². The van der Waals surface area contributed by atoms with Gasteiger partial charge in [0.25, 0.3) is 5.91 Å². The zero-order chi connectivity index (χ0) is 16.6. The number of hydrogen-bond acceptors (Lipinski definition) is 3. The van der Waals surface area contributed by atoms with Crippen molar-refractivity contribution >= 4 is 38.7 Å². The van der Waals surface area contributed by atoms with Crippen LogP contribution in [0, 0.1) is 6.92 Å². The van der Waals surface area contributed by atoms with Crippen molar-refractivity contribution in [3.63, 3.8) is 0 Å². The lowest BCUT2D eigenvalue weighted by Crippen LogP contribution is -2.37. The smallest absolute Gasteiger partial charge is 0.305 e. The maximum Gasteiger partial charge on any atom is 0.305 e. The number of halogens is 1. The Morgan fingerprint density at radius 3 is 2.91 bits per heavy atom. The summed E-state index contributed by atoms with van der Waals surface area (Å²) < 4.78 is 0.883. The lowest BCUT2D eigenvalue weighted by atomic mass is 10.1. The molecule has 1 N–H and O–H groups in total. The van der Waals surface area contributed by atoms with Gasteiger partial charge in [-0.15, -0.1) is 0 Å². The third kappa shape index (κ3) is 3.22. The van der Waals surface area contributed by atoms with Crippen molar-refractivity contribution < 1.29 is 14.7 Å². The van der Waals surface area contributed by atoms with E-state index in [0.29, 0.717) is 12.1 Å². The van der Waals surface area contributed by atoms with Crippen molar-refractivity contribution in [2.75, 3.05) is 6.54 Å². The molecule has 23 heavy (non-hydrogen) atoms. The highest BCUT2D eigenvalue weighted by Gasteiger charge is 2.31. The number of carbonyl (C=O) groups is 2. The largest absolute Gasteiger partial charge is 0.481 e. The molecule has 120 valence electrons. The number of carboxylic acids is 1. The molecule has 1 aliphatic rings. The average Bonchev–Trinajstić information content (AvgIpc) is 2.93. The fourth-order valence-electron chi connectivity index (χ4n) is 3.18. The molecule has 6 heteroatoms. The van der Waals surface area contributed by atoms with E-state index in [1.54, 1.807) is 11.0 Å². The number of aromatic nitrogens is 1. The molecule has 1 saturated heterocycles. The van der Waals surface area contributed by atoms with Gasteiger partial charge in [-0.3, -0.25) is 14.6 Å². The Morgan fingerprint density at radius 2 is 2.17 bits per heavy atom. The van der Waals surface area contributed by atoms with Gasteiger partial charge in [0.15, 0.2) is 0 Å². The molecule has 5 nitrogen and oxygen atoms in total. The van der Waals surface area contributed by atoms with Crippen LogP contribution in [0.4, 0.5) is 0 Å². The minimum Gasteiger partial charge on any atom is -0.481 e. The minimum atomic E-state index is -0.867. The zero-order valence-electron chi connectivity index (χ0n) is 12.8. The quantitative estimate of drug-likeness (QED) is 0.890. The Morgan fingerprint density at radius 1 is 1.39 bits per heavy atom. The summed E-state index contributed by atoms with van der Waals surface area (Å²) in [5.74, 6) is -0.976. The van der Waals surface area contributed by atoms with Crippen molar-refractivity contribution in [1.29, 1.82) is 0 Å². The SMILES string of the molecule is Cc1cc(C(=O)N2CCCC2CC(=O)O)c2cc(Br)ccc2n1. The second-order valence-electron chi connectivity index (χ2n) is 5.87. The van der Waals surface area contributed by atoms with Crippen molar-refractivity contribution in [2.24, 2.45) is 0 Å². The molecule has 1 amide bonds. The number of carboxylic acid groups (broad SMARTS) is 1. The van der Waals surface area contributed by atoms with Crippen LogP contribution in [0.5, 0.6) is 0 Å². The van der Waals surface area contributed by atoms with E-state index in [-0.39, 0.29) is 18.4 Å². The summed E-state index contributed by atoms with van der Waals surface area (Å²) in [4.78, 5) is 30.2. The Kier molecular flexibility index (Phi) is 4.35. The van der Waals surface area contributed by atoms with Crippen molar-refractivity contribution in [2.45, 2.75) is 32.2 Å². The average molecular weight is 377 g/mol. The van der Waals surface area contributed by atoms with Crippen molar-refractivity contribution in [3.05, 3.63) is 40.0 Å². The summed E-state index contributed by atoms with van der Waals surface area (Å²) in [5, 5.41) is 9.83. The van der Waals surface area contributed by atoms with Crippen LogP contribution in [0.3, 0.4) is 0 Å². The second kappa shape index (κ2) is 6.28. The maximum absolute atomic E-state index is 13.0. The number of carbonyl (C=O) groups excluding carboxylic acids is 1. The number of nitrogens with zero attached hydrogens (tertiary/aromatic N) is 2. The predicted octanol–water partition coefficient (Wildman–Crippen LogP) is 3.39. The molecule has 3 rings (SSSR count). The topological polar surface area (TPSA) is 70.5 Å². The molecule has 1 aromatic heterocycles. The summed E-state index contributed by atoms with van der Waals surface area (Å²) in [6.07, 6.45) is 1.58. The molecule has 0 aliphatic carbocycles. The third-order valence-electron chi connectivity index (χ3n) is 4.18. The molecular formula is C17H17BrN2O3. The molecule has 0 saturated carbocycles.